The minimum atomic E-state index is -1.24. The molecule has 2 aromatic rings. The maximum atomic E-state index is 12.4. The second-order valence-corrected chi connectivity index (χ2v) is 5.37. The summed E-state index contributed by atoms with van der Waals surface area (Å²) < 4.78 is 5.17. The molecule has 0 saturated heterocycles. The van der Waals surface area contributed by atoms with E-state index in [4.69, 9.17) is 10.5 Å². The number of carbonyl (C=O) groups excluding carboxylic acids is 3. The van der Waals surface area contributed by atoms with Gasteiger partial charge < -0.3 is 10.5 Å². The second-order valence-electron chi connectivity index (χ2n) is 5.37. The monoisotopic (exact) mass is 332 g/mol. The number of aromatic amines is 1. The highest BCUT2D eigenvalue weighted by atomic mass is 16.5. The van der Waals surface area contributed by atoms with E-state index in [2.05, 4.69) is 10.2 Å². The van der Waals surface area contributed by atoms with Crippen molar-refractivity contribution in [3.63, 3.8) is 0 Å². The first-order chi connectivity index (χ1) is 11.3. The molecular formula is C15H16N4O5. The first-order valence-electron chi connectivity index (χ1n) is 7.10. The Morgan fingerprint density at radius 2 is 1.83 bits per heavy atom. The van der Waals surface area contributed by atoms with Crippen LogP contribution in [0.2, 0.25) is 0 Å². The zero-order valence-corrected chi connectivity index (χ0v) is 13.0. The van der Waals surface area contributed by atoms with E-state index in [1.165, 1.54) is 6.07 Å². The van der Waals surface area contributed by atoms with E-state index < -0.39 is 35.5 Å². The van der Waals surface area contributed by atoms with E-state index in [0.717, 1.165) is 0 Å². The number of imide groups is 1. The van der Waals surface area contributed by atoms with Gasteiger partial charge >= 0.3 is 12.0 Å². The normalized spacial score (nSPS) is 12.0. The van der Waals surface area contributed by atoms with E-state index in [1.54, 1.807) is 32.0 Å². The fraction of sp³-hybridized carbons (Fsp3) is 0.267. The molecule has 1 aromatic heterocycles. The van der Waals surface area contributed by atoms with Crippen molar-refractivity contribution in [1.29, 1.82) is 0 Å². The lowest BCUT2D eigenvalue weighted by atomic mass is 10.1. The van der Waals surface area contributed by atoms with Crippen molar-refractivity contribution in [3.05, 3.63) is 40.3 Å². The predicted molar refractivity (Wildman–Crippen MR) is 84.1 cm³/mol. The first kappa shape index (κ1) is 17.1. The fourth-order valence-electron chi connectivity index (χ4n) is 2.13. The van der Waals surface area contributed by atoms with E-state index in [-0.39, 0.29) is 11.1 Å². The highest BCUT2D eigenvalue weighted by Crippen LogP contribution is 2.16. The lowest BCUT2D eigenvalue weighted by Crippen LogP contribution is -2.45. The molecule has 0 bridgehead atoms. The minimum Gasteiger partial charge on any atom is -0.447 e. The van der Waals surface area contributed by atoms with Crippen LogP contribution in [-0.4, -0.2) is 34.2 Å². The molecule has 1 aromatic carbocycles. The van der Waals surface area contributed by atoms with Gasteiger partial charge in [0.05, 0.1) is 5.39 Å². The molecule has 9 nitrogen and oxygen atoms in total. The first-order valence-corrected chi connectivity index (χ1v) is 7.10. The zero-order valence-electron chi connectivity index (χ0n) is 13.0. The summed E-state index contributed by atoms with van der Waals surface area (Å²) >= 11 is 0. The number of nitrogens with zero attached hydrogens (tertiary/aromatic N) is 1. The molecule has 1 atom stereocenters. The number of benzene rings is 1. The third-order valence-corrected chi connectivity index (χ3v) is 3.23. The molecule has 126 valence electrons. The molecule has 3 amide bonds. The van der Waals surface area contributed by atoms with E-state index >= 15 is 0 Å². The predicted octanol–water partition coefficient (Wildman–Crippen LogP) is 0.299. The quantitative estimate of drug-likeness (QED) is 0.687. The van der Waals surface area contributed by atoms with Crippen LogP contribution in [0.3, 0.4) is 0 Å². The second kappa shape index (κ2) is 6.90. The molecule has 0 aliphatic rings. The summed E-state index contributed by atoms with van der Waals surface area (Å²) in [6, 6.07) is 5.31. The Kier molecular flexibility index (Phi) is 4.93. The average molecular weight is 332 g/mol. The number of H-pyrrole nitrogens is 1. The summed E-state index contributed by atoms with van der Waals surface area (Å²) in [4.78, 5) is 46.8. The molecule has 0 fully saturated rings. The Morgan fingerprint density at radius 3 is 2.42 bits per heavy atom. The van der Waals surface area contributed by atoms with Gasteiger partial charge in [0.25, 0.3) is 11.5 Å². The molecule has 9 heteroatoms. The molecule has 24 heavy (non-hydrogen) atoms. The molecule has 0 spiro atoms. The van der Waals surface area contributed by atoms with Gasteiger partial charge in [-0.3, -0.25) is 14.9 Å². The number of rotatable bonds is 4. The Balaban J connectivity index is 2.35. The van der Waals surface area contributed by atoms with E-state index in [1.807, 2.05) is 5.32 Å². The molecule has 0 unspecified atom stereocenters. The van der Waals surface area contributed by atoms with Crippen LogP contribution in [0.1, 0.15) is 24.3 Å². The van der Waals surface area contributed by atoms with Gasteiger partial charge in [-0.15, -0.1) is 0 Å². The molecule has 2 rings (SSSR count). The van der Waals surface area contributed by atoms with Crippen molar-refractivity contribution in [1.82, 2.24) is 15.5 Å². The van der Waals surface area contributed by atoms with Crippen molar-refractivity contribution in [3.8, 4) is 0 Å². The Labute approximate surface area is 136 Å². The zero-order chi connectivity index (χ0) is 17.9. The number of esters is 1. The van der Waals surface area contributed by atoms with E-state index in [0.29, 0.717) is 5.39 Å². The van der Waals surface area contributed by atoms with Crippen molar-refractivity contribution < 1.29 is 19.1 Å². The summed E-state index contributed by atoms with van der Waals surface area (Å²) in [7, 11) is 0. The minimum absolute atomic E-state index is 0.136. The maximum Gasteiger partial charge on any atom is 0.360 e. The molecule has 0 aliphatic heterocycles. The van der Waals surface area contributed by atoms with Gasteiger partial charge in [0.15, 0.2) is 11.8 Å². The van der Waals surface area contributed by atoms with Crippen molar-refractivity contribution in [2.75, 3.05) is 0 Å². The lowest BCUT2D eigenvalue weighted by Gasteiger charge is -2.19. The standard InChI is InChI=1S/C15H16N4O5/c1-7(2)11(13(21)17-15(16)23)24-14(22)10-8-5-3-4-6-9(8)12(20)19-18-10/h3-7,11H,1-2H3,(H,19,20)(H3,16,17,21,23)/t11-/m1/s1. The molecular weight excluding hydrogens is 316 g/mol. The van der Waals surface area contributed by atoms with Crippen molar-refractivity contribution in [2.45, 2.75) is 20.0 Å². The van der Waals surface area contributed by atoms with Gasteiger partial charge in [0.2, 0.25) is 0 Å². The van der Waals surface area contributed by atoms with Crippen LogP contribution in [0.25, 0.3) is 10.8 Å². The fourth-order valence-corrected chi connectivity index (χ4v) is 2.13. The smallest absolute Gasteiger partial charge is 0.360 e. The van der Waals surface area contributed by atoms with Crippen LogP contribution in [0.15, 0.2) is 29.1 Å². The van der Waals surface area contributed by atoms with Crippen LogP contribution in [0.4, 0.5) is 4.79 Å². The number of hydrogen-bond acceptors (Lipinski definition) is 6. The highest BCUT2D eigenvalue weighted by molar-refractivity contribution is 6.03. The molecule has 1 heterocycles. The van der Waals surface area contributed by atoms with Gasteiger partial charge in [-0.1, -0.05) is 32.0 Å². The average Bonchev–Trinajstić information content (AvgIpc) is 2.52. The Morgan fingerprint density at radius 1 is 1.21 bits per heavy atom. The Hall–Kier alpha value is -3.23. The number of primary amides is 1. The van der Waals surface area contributed by atoms with Crippen LogP contribution < -0.4 is 16.6 Å². The maximum absolute atomic E-state index is 12.4. The number of aromatic nitrogens is 2. The molecule has 0 aliphatic carbocycles. The lowest BCUT2D eigenvalue weighted by molar-refractivity contribution is -0.130. The van der Waals surface area contributed by atoms with Crippen LogP contribution in [-0.2, 0) is 9.53 Å². The van der Waals surface area contributed by atoms with Gasteiger partial charge in [-0.05, 0) is 12.0 Å². The van der Waals surface area contributed by atoms with Crippen molar-refractivity contribution >= 4 is 28.7 Å². The number of urea groups is 1. The largest absolute Gasteiger partial charge is 0.447 e. The van der Waals surface area contributed by atoms with Gasteiger partial charge in [0.1, 0.15) is 0 Å². The summed E-state index contributed by atoms with van der Waals surface area (Å²) in [5.74, 6) is -2.15. The third-order valence-electron chi connectivity index (χ3n) is 3.23. The summed E-state index contributed by atoms with van der Waals surface area (Å²) in [6.07, 6.45) is -1.24. The van der Waals surface area contributed by atoms with Gasteiger partial charge in [-0.2, -0.15) is 5.10 Å². The van der Waals surface area contributed by atoms with Crippen LogP contribution in [0.5, 0.6) is 0 Å². The van der Waals surface area contributed by atoms with Crippen LogP contribution in [0, 0.1) is 5.92 Å². The number of hydrogen-bond donors (Lipinski definition) is 3. The summed E-state index contributed by atoms with van der Waals surface area (Å²) in [6.45, 7) is 3.27. The highest BCUT2D eigenvalue weighted by Gasteiger charge is 2.29. The van der Waals surface area contributed by atoms with Crippen molar-refractivity contribution in [2.24, 2.45) is 11.7 Å². The molecule has 4 N–H and O–H groups in total. The molecule has 0 radical (unpaired) electrons. The number of nitrogens with two attached hydrogens (primary N) is 1. The molecule has 0 saturated carbocycles. The number of nitrogens with one attached hydrogen (secondary N) is 2. The van der Waals surface area contributed by atoms with Crippen LogP contribution >= 0.6 is 0 Å². The van der Waals surface area contributed by atoms with Gasteiger partial charge in [-0.25, -0.2) is 14.7 Å². The summed E-state index contributed by atoms with van der Waals surface area (Å²) in [5.41, 5.74) is 4.31. The summed E-state index contributed by atoms with van der Waals surface area (Å²) in [5, 5.41) is 8.34. The topological polar surface area (TPSA) is 144 Å². The number of fused-ring (bicyclic) bond motifs is 1. The van der Waals surface area contributed by atoms with Gasteiger partial charge in [0, 0.05) is 5.39 Å². The number of ether oxygens (including phenoxy) is 1. The number of carbonyl (C=O) groups is 3. The number of amides is 3. The Bertz CT molecular complexity index is 858. The third kappa shape index (κ3) is 3.57. The SMILES string of the molecule is CC(C)[C@@H](OC(=O)c1n[nH]c(=O)c2ccccc12)C(=O)NC(N)=O. The van der Waals surface area contributed by atoms with E-state index in [9.17, 15) is 19.2 Å².